The van der Waals surface area contributed by atoms with Crippen LogP contribution in [0.4, 0.5) is 5.69 Å². The highest BCUT2D eigenvalue weighted by molar-refractivity contribution is 6.42. The van der Waals surface area contributed by atoms with Gasteiger partial charge in [-0.25, -0.2) is 4.79 Å². The van der Waals surface area contributed by atoms with Gasteiger partial charge in [0, 0.05) is 6.21 Å². The molecular weight excluding hydrogens is 289 g/mol. The number of aliphatic imine (C=N–C) groups is 1. The summed E-state index contributed by atoms with van der Waals surface area (Å²) in [4.78, 5) is 15.6. The minimum Gasteiger partial charge on any atom is -0.512 e. The van der Waals surface area contributed by atoms with Gasteiger partial charge in [-0.15, -0.1) is 0 Å². The number of nitrogens with zero attached hydrogens (tertiary/aromatic N) is 1. The number of aliphatic hydroxyl groups is 1. The summed E-state index contributed by atoms with van der Waals surface area (Å²) in [5.74, 6) is -0.798. The molecule has 0 radical (unpaired) electrons. The van der Waals surface area contributed by atoms with Crippen LogP contribution in [0.1, 0.15) is 13.8 Å². The van der Waals surface area contributed by atoms with E-state index < -0.39 is 5.97 Å². The number of carbonyl (C=O) groups is 1. The second-order valence-electron chi connectivity index (χ2n) is 3.58. The van der Waals surface area contributed by atoms with Gasteiger partial charge < -0.3 is 9.84 Å². The van der Waals surface area contributed by atoms with Gasteiger partial charge in [-0.1, -0.05) is 23.2 Å². The van der Waals surface area contributed by atoms with Gasteiger partial charge in [0.2, 0.25) is 0 Å². The van der Waals surface area contributed by atoms with Crippen LogP contribution in [0.25, 0.3) is 0 Å². The average molecular weight is 302 g/mol. The molecule has 0 unspecified atom stereocenters. The molecule has 1 N–H and O–H groups in total. The number of hydrogen-bond acceptors (Lipinski definition) is 4. The van der Waals surface area contributed by atoms with Crippen molar-refractivity contribution in [2.24, 2.45) is 4.99 Å². The molecule has 102 valence electrons. The number of hydrogen-bond donors (Lipinski definition) is 1. The third-order valence-corrected chi connectivity index (χ3v) is 2.87. The maximum atomic E-state index is 11.5. The molecule has 0 amide bonds. The maximum absolute atomic E-state index is 11.5. The lowest BCUT2D eigenvalue weighted by atomic mass is 10.2. The first-order valence-corrected chi connectivity index (χ1v) is 6.27. The number of rotatable bonds is 4. The van der Waals surface area contributed by atoms with Gasteiger partial charge in [0.05, 0.1) is 22.3 Å². The highest BCUT2D eigenvalue weighted by atomic mass is 35.5. The van der Waals surface area contributed by atoms with Crippen molar-refractivity contribution in [3.63, 3.8) is 0 Å². The van der Waals surface area contributed by atoms with Crippen LogP contribution in [-0.2, 0) is 9.53 Å². The average Bonchev–Trinajstić information content (AvgIpc) is 2.33. The fourth-order valence-corrected chi connectivity index (χ4v) is 1.50. The molecule has 0 aliphatic heterocycles. The standard InChI is InChI=1S/C13H13Cl2NO3/c1-3-19-13(18)10(8(2)17)7-16-9-4-5-11(14)12(15)6-9/h4-7,17H,3H2,1-2H3/b10-8+,16-7?. The highest BCUT2D eigenvalue weighted by Gasteiger charge is 2.11. The van der Waals surface area contributed by atoms with E-state index in [2.05, 4.69) is 4.99 Å². The summed E-state index contributed by atoms with van der Waals surface area (Å²) in [5.41, 5.74) is 0.505. The molecule has 0 fully saturated rings. The van der Waals surface area contributed by atoms with E-state index in [0.29, 0.717) is 15.7 Å². The van der Waals surface area contributed by atoms with Crippen molar-refractivity contribution in [3.8, 4) is 0 Å². The van der Waals surface area contributed by atoms with E-state index in [9.17, 15) is 9.90 Å². The Kier molecular flexibility index (Phi) is 5.86. The lowest BCUT2D eigenvalue weighted by Crippen LogP contribution is -2.10. The summed E-state index contributed by atoms with van der Waals surface area (Å²) >= 11 is 11.6. The van der Waals surface area contributed by atoms with Crippen molar-refractivity contribution in [3.05, 3.63) is 39.6 Å². The van der Waals surface area contributed by atoms with E-state index in [1.54, 1.807) is 25.1 Å². The summed E-state index contributed by atoms with van der Waals surface area (Å²) < 4.78 is 4.80. The number of halogens is 2. The van der Waals surface area contributed by atoms with Crippen LogP contribution in [-0.4, -0.2) is 23.9 Å². The lowest BCUT2D eigenvalue weighted by Gasteiger charge is -2.03. The van der Waals surface area contributed by atoms with E-state index in [1.165, 1.54) is 13.1 Å². The minimum atomic E-state index is -0.633. The molecular formula is C13H13Cl2NO3. The first-order valence-electron chi connectivity index (χ1n) is 5.51. The van der Waals surface area contributed by atoms with Crippen molar-refractivity contribution in [1.29, 1.82) is 0 Å². The minimum absolute atomic E-state index is 0.00655. The molecule has 0 aliphatic carbocycles. The molecule has 0 saturated carbocycles. The van der Waals surface area contributed by atoms with Crippen LogP contribution < -0.4 is 0 Å². The Balaban J connectivity index is 2.97. The van der Waals surface area contributed by atoms with E-state index >= 15 is 0 Å². The largest absolute Gasteiger partial charge is 0.512 e. The Labute approximate surface area is 121 Å². The molecule has 1 rings (SSSR count). The summed E-state index contributed by atoms with van der Waals surface area (Å²) in [6.45, 7) is 3.28. The number of aliphatic hydroxyl groups excluding tert-OH is 1. The fraction of sp³-hybridized carbons (Fsp3) is 0.231. The monoisotopic (exact) mass is 301 g/mol. The molecule has 1 aromatic carbocycles. The predicted octanol–water partition coefficient (Wildman–Crippen LogP) is 4.09. The van der Waals surface area contributed by atoms with Gasteiger partial charge in [-0.3, -0.25) is 4.99 Å². The van der Waals surface area contributed by atoms with Gasteiger partial charge in [0.1, 0.15) is 11.3 Å². The Hall–Kier alpha value is -1.52. The zero-order valence-corrected chi connectivity index (χ0v) is 12.0. The second-order valence-corrected chi connectivity index (χ2v) is 4.39. The van der Waals surface area contributed by atoms with Crippen LogP contribution >= 0.6 is 23.2 Å². The summed E-state index contributed by atoms with van der Waals surface area (Å²) in [6.07, 6.45) is 1.23. The number of esters is 1. The molecule has 19 heavy (non-hydrogen) atoms. The van der Waals surface area contributed by atoms with Gasteiger partial charge in [0.25, 0.3) is 0 Å². The Bertz CT molecular complexity index is 535. The van der Waals surface area contributed by atoms with Crippen molar-refractivity contribution in [2.75, 3.05) is 6.61 Å². The van der Waals surface area contributed by atoms with Crippen LogP contribution in [0.2, 0.25) is 10.0 Å². The van der Waals surface area contributed by atoms with E-state index in [0.717, 1.165) is 0 Å². The van der Waals surface area contributed by atoms with Gasteiger partial charge >= 0.3 is 5.97 Å². The van der Waals surface area contributed by atoms with Crippen LogP contribution in [0.15, 0.2) is 34.5 Å². The van der Waals surface area contributed by atoms with E-state index in [1.807, 2.05) is 0 Å². The fourth-order valence-electron chi connectivity index (χ4n) is 1.21. The van der Waals surface area contributed by atoms with Crippen molar-refractivity contribution in [2.45, 2.75) is 13.8 Å². The molecule has 0 heterocycles. The predicted molar refractivity (Wildman–Crippen MR) is 76.6 cm³/mol. The molecule has 0 atom stereocenters. The van der Waals surface area contributed by atoms with Crippen molar-refractivity contribution < 1.29 is 14.6 Å². The van der Waals surface area contributed by atoms with Gasteiger partial charge in [0.15, 0.2) is 0 Å². The summed E-state index contributed by atoms with van der Waals surface area (Å²) in [5, 5.41) is 10.2. The number of ether oxygens (including phenoxy) is 1. The SMILES string of the molecule is CCOC(=O)/C(C=Nc1ccc(Cl)c(Cl)c1)=C(\C)O. The Morgan fingerprint density at radius 2 is 2.11 bits per heavy atom. The molecule has 4 nitrogen and oxygen atoms in total. The highest BCUT2D eigenvalue weighted by Crippen LogP contribution is 2.26. The third-order valence-electron chi connectivity index (χ3n) is 2.13. The molecule has 0 saturated heterocycles. The van der Waals surface area contributed by atoms with E-state index in [-0.39, 0.29) is 17.9 Å². The molecule has 0 aromatic heterocycles. The first-order chi connectivity index (χ1) is 8.95. The number of allylic oxidation sites excluding steroid dienone is 1. The second kappa shape index (κ2) is 7.16. The van der Waals surface area contributed by atoms with Crippen LogP contribution in [0, 0.1) is 0 Å². The molecule has 0 bridgehead atoms. The molecule has 6 heteroatoms. The summed E-state index contributed by atoms with van der Waals surface area (Å²) in [6, 6.07) is 4.78. The number of benzene rings is 1. The van der Waals surface area contributed by atoms with Crippen LogP contribution in [0.3, 0.4) is 0 Å². The van der Waals surface area contributed by atoms with Gasteiger partial charge in [-0.2, -0.15) is 0 Å². The van der Waals surface area contributed by atoms with Crippen molar-refractivity contribution in [1.82, 2.24) is 0 Å². The van der Waals surface area contributed by atoms with Gasteiger partial charge in [-0.05, 0) is 32.0 Å². The third kappa shape index (κ3) is 4.58. The first kappa shape index (κ1) is 15.5. The number of carbonyl (C=O) groups excluding carboxylic acids is 1. The Morgan fingerprint density at radius 1 is 1.42 bits per heavy atom. The molecule has 1 aromatic rings. The molecule has 0 aliphatic rings. The van der Waals surface area contributed by atoms with E-state index in [4.69, 9.17) is 27.9 Å². The topological polar surface area (TPSA) is 58.9 Å². The quantitative estimate of drug-likeness (QED) is 0.394. The maximum Gasteiger partial charge on any atom is 0.343 e. The zero-order chi connectivity index (χ0) is 14.4. The smallest absolute Gasteiger partial charge is 0.343 e. The zero-order valence-electron chi connectivity index (χ0n) is 10.5. The normalized spacial score (nSPS) is 12.4. The summed E-state index contributed by atoms with van der Waals surface area (Å²) in [7, 11) is 0. The Morgan fingerprint density at radius 3 is 2.63 bits per heavy atom. The molecule has 0 spiro atoms. The van der Waals surface area contributed by atoms with Crippen molar-refractivity contribution >= 4 is 41.1 Å². The lowest BCUT2D eigenvalue weighted by molar-refractivity contribution is -0.138. The van der Waals surface area contributed by atoms with Crippen LogP contribution in [0.5, 0.6) is 0 Å².